The Hall–Kier alpha value is -1.53. The van der Waals surface area contributed by atoms with Gasteiger partial charge in [0, 0.05) is 0 Å². The van der Waals surface area contributed by atoms with Crippen LogP contribution in [-0.4, -0.2) is 15.6 Å². The molecule has 2 aromatic carbocycles. The Labute approximate surface area is 160 Å². The number of ether oxygens (including phenoxy) is 1. The number of aliphatic hydroxyl groups excluding tert-OH is 1. The zero-order chi connectivity index (χ0) is 19.9. The van der Waals surface area contributed by atoms with Crippen LogP contribution in [0.15, 0.2) is 48.5 Å². The van der Waals surface area contributed by atoms with Crippen molar-refractivity contribution in [3.8, 4) is 0 Å². The van der Waals surface area contributed by atoms with Gasteiger partial charge in [-0.25, -0.2) is 4.57 Å². The summed E-state index contributed by atoms with van der Waals surface area (Å²) in [6.07, 6.45) is 0. The summed E-state index contributed by atoms with van der Waals surface area (Å²) in [4.78, 5) is 9.88. The topological polar surface area (TPSA) is 85.2 Å². The molecule has 0 aliphatic rings. The van der Waals surface area contributed by atoms with Crippen LogP contribution in [0.3, 0.4) is 0 Å². The maximum Gasteiger partial charge on any atom is 0.472 e. The van der Waals surface area contributed by atoms with Gasteiger partial charge < -0.3 is 14.7 Å². The third kappa shape index (κ3) is 8.35. The van der Waals surface area contributed by atoms with Crippen LogP contribution in [0.5, 0.6) is 0 Å². The Balaban J connectivity index is 1.87. The molecule has 148 valence electrons. The van der Waals surface area contributed by atoms with Crippen LogP contribution >= 0.6 is 7.82 Å². The summed E-state index contributed by atoms with van der Waals surface area (Å²) in [5, 5.41) is 9.13. The quantitative estimate of drug-likeness (QED) is 0.616. The molecule has 0 heterocycles. The Morgan fingerprint density at radius 3 is 1.78 bits per heavy atom. The van der Waals surface area contributed by atoms with Gasteiger partial charge >= 0.3 is 7.82 Å². The van der Waals surface area contributed by atoms with E-state index in [1.807, 2.05) is 45.0 Å². The van der Waals surface area contributed by atoms with Crippen molar-refractivity contribution in [2.45, 2.75) is 52.8 Å². The van der Waals surface area contributed by atoms with Gasteiger partial charge in [-0.05, 0) is 43.0 Å². The van der Waals surface area contributed by atoms with Crippen LogP contribution in [0, 0.1) is 0 Å². The van der Waals surface area contributed by atoms with E-state index in [0.29, 0.717) is 17.7 Å². The van der Waals surface area contributed by atoms with Gasteiger partial charge in [0.1, 0.15) is 0 Å². The minimum atomic E-state index is -4.20. The molecule has 7 heteroatoms. The van der Waals surface area contributed by atoms with Gasteiger partial charge in [-0.3, -0.25) is 9.05 Å². The molecular formula is C20H27O6P. The standard InChI is InChI=1S/C20H27O6P/c1-20(2,3)24-13-17-7-5-9-19(11-17)15-26-27(22,23)25-14-18-8-4-6-16(10-18)12-21/h4-11,21H,12-15H2,1-3H3,(H,22,23). The number of hydrogen-bond acceptors (Lipinski definition) is 5. The predicted octanol–water partition coefficient (Wildman–Crippen LogP) is 4.33. The minimum absolute atomic E-state index is 0.0478. The van der Waals surface area contributed by atoms with Crippen LogP contribution in [0.4, 0.5) is 0 Å². The van der Waals surface area contributed by atoms with E-state index >= 15 is 0 Å². The predicted molar refractivity (Wildman–Crippen MR) is 103 cm³/mol. The molecule has 2 rings (SSSR count). The molecule has 0 bridgehead atoms. The Morgan fingerprint density at radius 2 is 1.30 bits per heavy atom. The Kier molecular flexibility index (Phi) is 7.74. The normalized spacial score (nSPS) is 14.1. The van der Waals surface area contributed by atoms with Crippen molar-refractivity contribution in [3.63, 3.8) is 0 Å². The second kappa shape index (κ2) is 9.60. The van der Waals surface area contributed by atoms with Crippen molar-refractivity contribution in [3.05, 3.63) is 70.8 Å². The van der Waals surface area contributed by atoms with E-state index < -0.39 is 7.82 Å². The van der Waals surface area contributed by atoms with E-state index in [1.165, 1.54) is 0 Å². The van der Waals surface area contributed by atoms with E-state index in [-0.39, 0.29) is 25.4 Å². The number of phosphoric ester groups is 1. The van der Waals surface area contributed by atoms with Crippen LogP contribution in [0.1, 0.15) is 43.0 Å². The number of aliphatic hydroxyl groups is 1. The number of rotatable bonds is 9. The molecule has 1 unspecified atom stereocenters. The molecule has 27 heavy (non-hydrogen) atoms. The summed E-state index contributed by atoms with van der Waals surface area (Å²) in [6, 6.07) is 14.4. The highest BCUT2D eigenvalue weighted by Gasteiger charge is 2.21. The van der Waals surface area contributed by atoms with Crippen LogP contribution in [0.2, 0.25) is 0 Å². The van der Waals surface area contributed by atoms with Gasteiger partial charge in [0.2, 0.25) is 0 Å². The largest absolute Gasteiger partial charge is 0.472 e. The van der Waals surface area contributed by atoms with E-state index in [0.717, 1.165) is 11.1 Å². The fourth-order valence-corrected chi connectivity index (χ4v) is 2.98. The Morgan fingerprint density at radius 1 is 0.852 bits per heavy atom. The summed E-state index contributed by atoms with van der Waals surface area (Å²) in [6.45, 7) is 6.16. The molecule has 1 atom stereocenters. The maximum absolute atomic E-state index is 12.1. The van der Waals surface area contributed by atoms with E-state index in [4.69, 9.17) is 18.9 Å². The summed E-state index contributed by atoms with van der Waals surface area (Å²) in [7, 11) is -4.20. The molecule has 0 saturated heterocycles. The molecule has 6 nitrogen and oxygen atoms in total. The lowest BCUT2D eigenvalue weighted by Crippen LogP contribution is -2.18. The van der Waals surface area contributed by atoms with E-state index in [2.05, 4.69) is 0 Å². The zero-order valence-corrected chi connectivity index (χ0v) is 16.8. The van der Waals surface area contributed by atoms with Crippen molar-refractivity contribution >= 4 is 7.82 Å². The highest BCUT2D eigenvalue weighted by atomic mass is 31.2. The molecule has 0 radical (unpaired) electrons. The smallest absolute Gasteiger partial charge is 0.392 e. The van der Waals surface area contributed by atoms with Gasteiger partial charge in [0.05, 0.1) is 32.0 Å². The number of hydrogen-bond donors (Lipinski definition) is 2. The number of benzene rings is 2. The van der Waals surface area contributed by atoms with E-state index in [1.54, 1.807) is 24.3 Å². The second-order valence-electron chi connectivity index (χ2n) is 7.21. The van der Waals surface area contributed by atoms with Crippen LogP contribution in [0.25, 0.3) is 0 Å². The average Bonchev–Trinajstić information content (AvgIpc) is 2.63. The first kappa shape index (κ1) is 21.8. The first-order valence-electron chi connectivity index (χ1n) is 8.69. The van der Waals surface area contributed by atoms with Crippen molar-refractivity contribution in [1.29, 1.82) is 0 Å². The van der Waals surface area contributed by atoms with Gasteiger partial charge in [-0.2, -0.15) is 0 Å². The lowest BCUT2D eigenvalue weighted by Gasteiger charge is -2.19. The van der Waals surface area contributed by atoms with Crippen molar-refractivity contribution in [2.24, 2.45) is 0 Å². The van der Waals surface area contributed by atoms with Crippen molar-refractivity contribution in [1.82, 2.24) is 0 Å². The molecule has 0 fully saturated rings. The summed E-state index contributed by atoms with van der Waals surface area (Å²) in [5.74, 6) is 0. The molecule has 0 aliphatic carbocycles. The van der Waals surface area contributed by atoms with Gasteiger partial charge in [-0.1, -0.05) is 48.5 Å². The first-order valence-corrected chi connectivity index (χ1v) is 10.2. The first-order chi connectivity index (χ1) is 12.7. The maximum atomic E-state index is 12.1. The molecule has 0 aliphatic heterocycles. The molecule has 0 spiro atoms. The second-order valence-corrected chi connectivity index (χ2v) is 8.67. The molecule has 0 amide bonds. The summed E-state index contributed by atoms with van der Waals surface area (Å²) < 4.78 is 28.0. The average molecular weight is 394 g/mol. The summed E-state index contributed by atoms with van der Waals surface area (Å²) in [5.41, 5.74) is 2.86. The summed E-state index contributed by atoms with van der Waals surface area (Å²) >= 11 is 0. The van der Waals surface area contributed by atoms with Crippen molar-refractivity contribution in [2.75, 3.05) is 0 Å². The molecule has 2 aromatic rings. The monoisotopic (exact) mass is 394 g/mol. The van der Waals surface area contributed by atoms with Gasteiger partial charge in [-0.15, -0.1) is 0 Å². The lowest BCUT2D eigenvalue weighted by atomic mass is 10.1. The fourth-order valence-electron chi connectivity index (χ4n) is 2.28. The minimum Gasteiger partial charge on any atom is -0.392 e. The zero-order valence-electron chi connectivity index (χ0n) is 15.9. The highest BCUT2D eigenvalue weighted by molar-refractivity contribution is 7.47. The molecule has 2 N–H and O–H groups in total. The SMILES string of the molecule is CC(C)(C)OCc1cccc(COP(=O)(O)OCc2cccc(CO)c2)c1. The molecule has 0 aromatic heterocycles. The molecule has 0 saturated carbocycles. The fraction of sp³-hybridized carbons (Fsp3) is 0.400. The van der Waals surface area contributed by atoms with E-state index in [9.17, 15) is 9.46 Å². The lowest BCUT2D eigenvalue weighted by molar-refractivity contribution is -0.0150. The third-order valence-electron chi connectivity index (χ3n) is 3.63. The number of phosphoric acid groups is 1. The van der Waals surface area contributed by atoms with Gasteiger partial charge in [0.15, 0.2) is 0 Å². The Bertz CT molecular complexity index is 784. The van der Waals surface area contributed by atoms with Crippen molar-refractivity contribution < 1.29 is 28.3 Å². The molecular weight excluding hydrogens is 367 g/mol. The van der Waals surface area contributed by atoms with Crippen LogP contribution in [-0.2, 0) is 44.8 Å². The van der Waals surface area contributed by atoms with Gasteiger partial charge in [0.25, 0.3) is 0 Å². The highest BCUT2D eigenvalue weighted by Crippen LogP contribution is 2.45. The van der Waals surface area contributed by atoms with Crippen LogP contribution < -0.4 is 0 Å². The third-order valence-corrected chi connectivity index (χ3v) is 4.54.